The van der Waals surface area contributed by atoms with Crippen LogP contribution in [0.3, 0.4) is 0 Å². The summed E-state index contributed by atoms with van der Waals surface area (Å²) < 4.78 is 5.73. The normalized spacial score (nSPS) is 11.8. The van der Waals surface area contributed by atoms with Gasteiger partial charge in [-0.2, -0.15) is 9.97 Å². The van der Waals surface area contributed by atoms with Gasteiger partial charge in [-0.05, 0) is 6.42 Å². The average Bonchev–Trinajstić information content (AvgIpc) is 2.75. The highest BCUT2D eigenvalue weighted by atomic mass is 28.3. The topological polar surface area (TPSA) is 75.7 Å². The molecule has 2 rings (SSSR count). The second-order valence-corrected chi connectivity index (χ2v) is 10.3. The number of nitrogens with zero attached hydrogens (tertiary/aromatic N) is 3. The highest BCUT2D eigenvalue weighted by molar-refractivity contribution is 6.79. The van der Waals surface area contributed by atoms with Crippen molar-refractivity contribution in [2.24, 2.45) is 0 Å². The third kappa shape index (κ3) is 3.66. The first-order chi connectivity index (χ1) is 8.99. The number of hydrogen-bond acceptors (Lipinski definition) is 5. The number of nitrogens with one attached hydrogen (secondary N) is 2. The molecule has 0 unspecified atom stereocenters. The van der Waals surface area contributed by atoms with Crippen molar-refractivity contribution in [2.45, 2.75) is 39.4 Å². The zero-order chi connectivity index (χ0) is 13.9. The lowest BCUT2D eigenvalue weighted by Gasteiger charge is -2.18. The Morgan fingerprint density at radius 1 is 1.32 bits per heavy atom. The molecule has 0 bridgehead atoms. The fourth-order valence-electron chi connectivity index (χ4n) is 1.62. The van der Waals surface area contributed by atoms with Crippen LogP contribution in [0.25, 0.3) is 11.2 Å². The molecule has 0 amide bonds. The molecule has 0 radical (unpaired) electrons. The molecule has 0 fully saturated rings. The predicted molar refractivity (Wildman–Crippen MR) is 79.1 cm³/mol. The molecule has 0 saturated carbocycles. The molecule has 2 aromatic heterocycles. The van der Waals surface area contributed by atoms with Crippen LogP contribution >= 0.6 is 0 Å². The monoisotopic (exact) mass is 279 g/mol. The molecule has 2 aromatic rings. The third-order valence-electron chi connectivity index (χ3n) is 2.48. The number of unbranched alkanes of at least 4 members (excludes halogenated alkanes) is 1. The van der Waals surface area contributed by atoms with Gasteiger partial charge in [0.1, 0.15) is 13.8 Å². The van der Waals surface area contributed by atoms with E-state index >= 15 is 0 Å². The molecule has 0 atom stereocenters. The number of imidazole rings is 1. The van der Waals surface area contributed by atoms with Gasteiger partial charge < -0.3 is 14.7 Å². The van der Waals surface area contributed by atoms with E-state index in [4.69, 9.17) is 4.74 Å². The summed E-state index contributed by atoms with van der Waals surface area (Å²) in [6.45, 7) is 9.38. The SMILES string of the molecule is CCCCOc1nc(N[Si](C)(C)C)nc2nc[nH]c12. The molecule has 104 valence electrons. The van der Waals surface area contributed by atoms with Crippen LogP contribution in [-0.2, 0) is 0 Å². The Hall–Kier alpha value is -1.63. The zero-order valence-corrected chi connectivity index (χ0v) is 12.9. The predicted octanol–water partition coefficient (Wildman–Crippen LogP) is 2.78. The summed E-state index contributed by atoms with van der Waals surface area (Å²) in [5.41, 5.74) is 1.40. The van der Waals surface area contributed by atoms with Crippen molar-refractivity contribution < 1.29 is 4.74 Å². The maximum absolute atomic E-state index is 5.73. The van der Waals surface area contributed by atoms with Crippen LogP contribution in [0.2, 0.25) is 19.6 Å². The van der Waals surface area contributed by atoms with Gasteiger partial charge >= 0.3 is 0 Å². The number of ether oxygens (including phenoxy) is 1. The van der Waals surface area contributed by atoms with E-state index in [2.05, 4.69) is 51.5 Å². The largest absolute Gasteiger partial charge is 0.476 e. The van der Waals surface area contributed by atoms with E-state index < -0.39 is 8.24 Å². The maximum atomic E-state index is 5.73. The number of anilines is 1. The third-order valence-corrected chi connectivity index (χ3v) is 3.45. The molecule has 0 spiro atoms. The number of fused-ring (bicyclic) bond motifs is 1. The number of hydrogen-bond donors (Lipinski definition) is 2. The summed E-state index contributed by atoms with van der Waals surface area (Å²) in [4.78, 5) is 19.4. The molecule has 0 aliphatic heterocycles. The first kappa shape index (κ1) is 13.8. The first-order valence-electron chi connectivity index (χ1n) is 6.61. The molecule has 0 saturated heterocycles. The number of H-pyrrole nitrogens is 1. The van der Waals surface area contributed by atoms with Gasteiger partial charge in [0, 0.05) is 0 Å². The molecular formula is C12H21N5OSi. The lowest BCUT2D eigenvalue weighted by atomic mass is 10.4. The van der Waals surface area contributed by atoms with Crippen molar-refractivity contribution in [1.29, 1.82) is 0 Å². The van der Waals surface area contributed by atoms with Gasteiger partial charge in [0.15, 0.2) is 5.65 Å². The summed E-state index contributed by atoms with van der Waals surface area (Å²) in [5.74, 6) is 1.18. The van der Waals surface area contributed by atoms with Gasteiger partial charge in [0.25, 0.3) is 0 Å². The second kappa shape index (κ2) is 5.56. The Bertz CT molecular complexity index is 549. The Balaban J connectivity index is 2.28. The van der Waals surface area contributed by atoms with Crippen LogP contribution in [0.4, 0.5) is 5.95 Å². The summed E-state index contributed by atoms with van der Waals surface area (Å²) in [6, 6.07) is 0. The summed E-state index contributed by atoms with van der Waals surface area (Å²) in [7, 11) is -1.49. The molecule has 2 N–H and O–H groups in total. The lowest BCUT2D eigenvalue weighted by molar-refractivity contribution is 0.301. The molecular weight excluding hydrogens is 258 g/mol. The highest BCUT2D eigenvalue weighted by Gasteiger charge is 2.17. The van der Waals surface area contributed by atoms with Crippen LogP contribution in [0.15, 0.2) is 6.33 Å². The number of aromatic amines is 1. The summed E-state index contributed by atoms with van der Waals surface area (Å²) >= 11 is 0. The fourth-order valence-corrected chi connectivity index (χ4v) is 2.40. The molecule has 7 heteroatoms. The van der Waals surface area contributed by atoms with Crippen LogP contribution < -0.4 is 9.72 Å². The summed E-state index contributed by atoms with van der Waals surface area (Å²) in [6.07, 6.45) is 3.72. The molecule has 0 aliphatic carbocycles. The van der Waals surface area contributed by atoms with E-state index in [1.165, 1.54) is 0 Å². The number of rotatable bonds is 6. The van der Waals surface area contributed by atoms with E-state index in [9.17, 15) is 0 Å². The van der Waals surface area contributed by atoms with Crippen molar-refractivity contribution in [3.63, 3.8) is 0 Å². The fraction of sp³-hybridized carbons (Fsp3) is 0.583. The van der Waals surface area contributed by atoms with Crippen molar-refractivity contribution in [2.75, 3.05) is 11.6 Å². The van der Waals surface area contributed by atoms with E-state index in [1.807, 2.05) is 0 Å². The lowest BCUT2D eigenvalue weighted by Crippen LogP contribution is -2.33. The van der Waals surface area contributed by atoms with Gasteiger partial charge in [0.05, 0.1) is 12.9 Å². The molecule has 19 heavy (non-hydrogen) atoms. The highest BCUT2D eigenvalue weighted by Crippen LogP contribution is 2.22. The van der Waals surface area contributed by atoms with Crippen LogP contribution in [0.5, 0.6) is 5.88 Å². The van der Waals surface area contributed by atoms with Crippen LogP contribution in [0, 0.1) is 0 Å². The standard InChI is InChI=1S/C12H21N5OSi/c1-5-6-7-18-11-9-10(14-8-13-9)15-12(16-11)17-19(2,3)4/h8H,5-7H2,1-4H3,(H2,13,14,15,16,17). The Kier molecular flexibility index (Phi) is 4.04. The average molecular weight is 279 g/mol. The van der Waals surface area contributed by atoms with Crippen LogP contribution in [-0.4, -0.2) is 34.8 Å². The maximum Gasteiger partial charge on any atom is 0.245 e. The first-order valence-corrected chi connectivity index (χ1v) is 10.1. The summed E-state index contributed by atoms with van der Waals surface area (Å²) in [5, 5.41) is 0. The van der Waals surface area contributed by atoms with E-state index in [0.29, 0.717) is 24.1 Å². The van der Waals surface area contributed by atoms with Crippen LogP contribution in [0.1, 0.15) is 19.8 Å². The smallest absolute Gasteiger partial charge is 0.245 e. The molecule has 0 aliphatic rings. The van der Waals surface area contributed by atoms with E-state index in [1.54, 1.807) is 6.33 Å². The van der Waals surface area contributed by atoms with Gasteiger partial charge in [-0.1, -0.05) is 33.0 Å². The van der Waals surface area contributed by atoms with Gasteiger partial charge in [-0.15, -0.1) is 0 Å². The minimum Gasteiger partial charge on any atom is -0.476 e. The Morgan fingerprint density at radius 2 is 2.11 bits per heavy atom. The minimum absolute atomic E-state index is 0.580. The van der Waals surface area contributed by atoms with E-state index in [0.717, 1.165) is 18.4 Å². The molecule has 6 nitrogen and oxygen atoms in total. The van der Waals surface area contributed by atoms with Gasteiger partial charge in [-0.3, -0.25) is 0 Å². The Morgan fingerprint density at radius 3 is 2.79 bits per heavy atom. The van der Waals surface area contributed by atoms with Crippen molar-refractivity contribution in [1.82, 2.24) is 19.9 Å². The van der Waals surface area contributed by atoms with Crippen molar-refractivity contribution >= 4 is 25.3 Å². The van der Waals surface area contributed by atoms with Gasteiger partial charge in [-0.25, -0.2) is 4.98 Å². The van der Waals surface area contributed by atoms with Crippen molar-refractivity contribution in [3.05, 3.63) is 6.33 Å². The zero-order valence-electron chi connectivity index (χ0n) is 11.9. The molecule has 2 heterocycles. The van der Waals surface area contributed by atoms with Gasteiger partial charge in [0.2, 0.25) is 11.8 Å². The van der Waals surface area contributed by atoms with E-state index in [-0.39, 0.29) is 0 Å². The van der Waals surface area contributed by atoms with Crippen molar-refractivity contribution in [3.8, 4) is 5.88 Å². The number of aromatic nitrogens is 4. The second-order valence-electron chi connectivity index (χ2n) is 5.53. The minimum atomic E-state index is -1.49. The molecule has 0 aromatic carbocycles. The quantitative estimate of drug-likeness (QED) is 0.628. The Labute approximate surface area is 114 Å².